The zero-order valence-corrected chi connectivity index (χ0v) is 10.4. The molecule has 4 nitrogen and oxygen atoms in total. The van der Waals surface area contributed by atoms with Crippen LogP contribution in [0.15, 0.2) is 18.2 Å². The number of rotatable bonds is 5. The number of hydrogen-bond donors (Lipinski definition) is 1. The predicted octanol–water partition coefficient (Wildman–Crippen LogP) is 1.71. The average molecular weight is 235 g/mol. The first kappa shape index (κ1) is 13.2. The SMILES string of the molecule is CNC(=O)CCC(=O)c1ccc(OC)c(C)c1. The second-order valence-electron chi connectivity index (χ2n) is 3.78. The third kappa shape index (κ3) is 3.59. The summed E-state index contributed by atoms with van der Waals surface area (Å²) in [4.78, 5) is 22.8. The van der Waals surface area contributed by atoms with Gasteiger partial charge in [0.05, 0.1) is 7.11 Å². The van der Waals surface area contributed by atoms with Gasteiger partial charge in [-0.25, -0.2) is 0 Å². The molecule has 92 valence electrons. The number of aryl methyl sites for hydroxylation is 1. The largest absolute Gasteiger partial charge is 0.496 e. The molecular weight excluding hydrogens is 218 g/mol. The van der Waals surface area contributed by atoms with E-state index >= 15 is 0 Å². The molecule has 4 heteroatoms. The van der Waals surface area contributed by atoms with Crippen LogP contribution in [0.2, 0.25) is 0 Å². The monoisotopic (exact) mass is 235 g/mol. The van der Waals surface area contributed by atoms with Crippen LogP contribution in [0.3, 0.4) is 0 Å². The summed E-state index contributed by atoms with van der Waals surface area (Å²) >= 11 is 0. The maximum absolute atomic E-state index is 11.8. The second-order valence-corrected chi connectivity index (χ2v) is 3.78. The summed E-state index contributed by atoms with van der Waals surface area (Å²) in [5.41, 5.74) is 1.53. The van der Waals surface area contributed by atoms with Gasteiger partial charge in [-0.15, -0.1) is 0 Å². The Morgan fingerprint density at radius 2 is 2.00 bits per heavy atom. The molecule has 0 fully saturated rings. The Kier molecular flexibility index (Phi) is 4.69. The van der Waals surface area contributed by atoms with Gasteiger partial charge in [-0.05, 0) is 30.7 Å². The van der Waals surface area contributed by atoms with Crippen LogP contribution in [0.5, 0.6) is 5.75 Å². The van der Waals surface area contributed by atoms with Gasteiger partial charge in [0.1, 0.15) is 5.75 Å². The molecule has 1 aromatic carbocycles. The molecule has 0 aromatic heterocycles. The highest BCUT2D eigenvalue weighted by Gasteiger charge is 2.10. The fourth-order valence-electron chi connectivity index (χ4n) is 1.55. The summed E-state index contributed by atoms with van der Waals surface area (Å²) in [5.74, 6) is 0.607. The van der Waals surface area contributed by atoms with Crippen molar-refractivity contribution in [1.29, 1.82) is 0 Å². The maximum Gasteiger partial charge on any atom is 0.220 e. The van der Waals surface area contributed by atoms with Gasteiger partial charge in [-0.2, -0.15) is 0 Å². The number of nitrogens with one attached hydrogen (secondary N) is 1. The van der Waals surface area contributed by atoms with E-state index in [0.717, 1.165) is 11.3 Å². The number of carbonyl (C=O) groups is 2. The van der Waals surface area contributed by atoms with E-state index in [-0.39, 0.29) is 24.5 Å². The van der Waals surface area contributed by atoms with Gasteiger partial charge in [0.2, 0.25) is 5.91 Å². The Balaban J connectivity index is 2.69. The first-order valence-corrected chi connectivity index (χ1v) is 5.47. The smallest absolute Gasteiger partial charge is 0.220 e. The molecule has 0 heterocycles. The van der Waals surface area contributed by atoms with Crippen LogP contribution in [-0.4, -0.2) is 25.8 Å². The lowest BCUT2D eigenvalue weighted by Crippen LogP contribution is -2.18. The normalized spacial score (nSPS) is 9.82. The summed E-state index contributed by atoms with van der Waals surface area (Å²) in [5, 5.41) is 2.49. The molecule has 0 unspecified atom stereocenters. The summed E-state index contributed by atoms with van der Waals surface area (Å²) in [6, 6.07) is 5.27. The summed E-state index contributed by atoms with van der Waals surface area (Å²) < 4.78 is 5.12. The molecule has 0 aliphatic rings. The fraction of sp³-hybridized carbons (Fsp3) is 0.385. The van der Waals surface area contributed by atoms with E-state index in [0.29, 0.717) is 5.56 Å². The highest BCUT2D eigenvalue weighted by Crippen LogP contribution is 2.19. The second kappa shape index (κ2) is 6.03. The lowest BCUT2D eigenvalue weighted by Gasteiger charge is -2.06. The van der Waals surface area contributed by atoms with Crippen molar-refractivity contribution < 1.29 is 14.3 Å². The van der Waals surface area contributed by atoms with Crippen molar-refractivity contribution in [1.82, 2.24) is 5.32 Å². The van der Waals surface area contributed by atoms with Gasteiger partial charge in [0.25, 0.3) is 0 Å². The predicted molar refractivity (Wildman–Crippen MR) is 65.4 cm³/mol. The van der Waals surface area contributed by atoms with E-state index in [1.807, 2.05) is 6.92 Å². The van der Waals surface area contributed by atoms with Crippen LogP contribution in [0, 0.1) is 6.92 Å². The highest BCUT2D eigenvalue weighted by molar-refractivity contribution is 5.98. The lowest BCUT2D eigenvalue weighted by molar-refractivity contribution is -0.120. The van der Waals surface area contributed by atoms with Crippen LogP contribution in [0.1, 0.15) is 28.8 Å². The molecule has 1 amide bonds. The zero-order chi connectivity index (χ0) is 12.8. The van der Waals surface area contributed by atoms with Crippen molar-refractivity contribution in [2.24, 2.45) is 0 Å². The van der Waals surface area contributed by atoms with Gasteiger partial charge in [0.15, 0.2) is 5.78 Å². The zero-order valence-electron chi connectivity index (χ0n) is 10.4. The molecule has 1 aromatic rings. The molecule has 1 N–H and O–H groups in total. The molecule has 0 saturated carbocycles. The maximum atomic E-state index is 11.8. The number of ketones is 1. The third-order valence-electron chi connectivity index (χ3n) is 2.57. The van der Waals surface area contributed by atoms with Gasteiger partial charge >= 0.3 is 0 Å². The Morgan fingerprint density at radius 3 is 2.53 bits per heavy atom. The van der Waals surface area contributed by atoms with E-state index < -0.39 is 0 Å². The van der Waals surface area contributed by atoms with Crippen LogP contribution in [0.25, 0.3) is 0 Å². The van der Waals surface area contributed by atoms with Gasteiger partial charge in [0, 0.05) is 25.5 Å². The lowest BCUT2D eigenvalue weighted by atomic mass is 10.0. The van der Waals surface area contributed by atoms with E-state index in [2.05, 4.69) is 5.32 Å². The van der Waals surface area contributed by atoms with E-state index in [9.17, 15) is 9.59 Å². The fourth-order valence-corrected chi connectivity index (χ4v) is 1.55. The van der Waals surface area contributed by atoms with E-state index in [1.54, 1.807) is 32.4 Å². The van der Waals surface area contributed by atoms with Crippen LogP contribution >= 0.6 is 0 Å². The Bertz CT molecular complexity index is 427. The van der Waals surface area contributed by atoms with Crippen molar-refractivity contribution in [2.45, 2.75) is 19.8 Å². The van der Waals surface area contributed by atoms with Crippen LogP contribution in [0.4, 0.5) is 0 Å². The molecule has 0 aliphatic carbocycles. The number of carbonyl (C=O) groups excluding carboxylic acids is 2. The van der Waals surface area contributed by atoms with Gasteiger partial charge < -0.3 is 10.1 Å². The third-order valence-corrected chi connectivity index (χ3v) is 2.57. The average Bonchev–Trinajstić information content (AvgIpc) is 2.35. The summed E-state index contributed by atoms with van der Waals surface area (Å²) in [6.45, 7) is 1.88. The Morgan fingerprint density at radius 1 is 1.29 bits per heavy atom. The van der Waals surface area contributed by atoms with Crippen molar-refractivity contribution in [3.8, 4) is 5.75 Å². The van der Waals surface area contributed by atoms with Crippen molar-refractivity contribution in [2.75, 3.05) is 14.2 Å². The minimum Gasteiger partial charge on any atom is -0.496 e. The molecule has 0 radical (unpaired) electrons. The standard InChI is InChI=1S/C13H17NO3/c1-9-8-10(4-6-12(9)17-3)11(15)5-7-13(16)14-2/h4,6,8H,5,7H2,1-3H3,(H,14,16). The topological polar surface area (TPSA) is 55.4 Å². The van der Waals surface area contributed by atoms with Crippen LogP contribution in [-0.2, 0) is 4.79 Å². The highest BCUT2D eigenvalue weighted by atomic mass is 16.5. The molecule has 0 atom stereocenters. The number of hydrogen-bond acceptors (Lipinski definition) is 3. The number of amides is 1. The van der Waals surface area contributed by atoms with E-state index in [4.69, 9.17) is 4.74 Å². The molecule has 0 aliphatic heterocycles. The van der Waals surface area contributed by atoms with Crippen LogP contribution < -0.4 is 10.1 Å². The van der Waals surface area contributed by atoms with Crippen molar-refractivity contribution >= 4 is 11.7 Å². The Labute approximate surface area is 101 Å². The first-order chi connectivity index (χ1) is 8.08. The van der Waals surface area contributed by atoms with Gasteiger partial charge in [-0.1, -0.05) is 0 Å². The summed E-state index contributed by atoms with van der Waals surface area (Å²) in [6.07, 6.45) is 0.450. The molecular formula is C13H17NO3. The Hall–Kier alpha value is -1.84. The minimum atomic E-state index is -0.122. The first-order valence-electron chi connectivity index (χ1n) is 5.47. The molecule has 0 saturated heterocycles. The number of benzene rings is 1. The quantitative estimate of drug-likeness (QED) is 0.790. The van der Waals surface area contributed by atoms with E-state index in [1.165, 1.54) is 0 Å². The number of Topliss-reactive ketones (excluding diaryl/α,β-unsaturated/α-hetero) is 1. The van der Waals surface area contributed by atoms with Crippen molar-refractivity contribution in [3.05, 3.63) is 29.3 Å². The number of ether oxygens (including phenoxy) is 1. The molecule has 17 heavy (non-hydrogen) atoms. The minimum absolute atomic E-state index is 0.0284. The summed E-state index contributed by atoms with van der Waals surface area (Å²) in [7, 11) is 3.15. The van der Waals surface area contributed by atoms with Gasteiger partial charge in [-0.3, -0.25) is 9.59 Å². The van der Waals surface area contributed by atoms with Crippen molar-refractivity contribution in [3.63, 3.8) is 0 Å². The molecule has 0 bridgehead atoms. The number of methoxy groups -OCH3 is 1. The molecule has 0 spiro atoms. The molecule has 1 rings (SSSR count).